The Kier molecular flexibility index (Phi) is 4.96. The van der Waals surface area contributed by atoms with Gasteiger partial charge in [0, 0.05) is 25.5 Å². The monoisotopic (exact) mass is 459 g/mol. The molecule has 0 spiro atoms. The minimum Gasteiger partial charge on any atom is -0.444 e. The molecule has 1 aliphatic rings. The van der Waals surface area contributed by atoms with Gasteiger partial charge in [0.15, 0.2) is 0 Å². The van der Waals surface area contributed by atoms with Crippen LogP contribution in [0.25, 0.3) is 10.9 Å². The average Bonchev–Trinajstić information content (AvgIpc) is 2.79. The molecule has 0 unspecified atom stereocenters. The van der Waals surface area contributed by atoms with Crippen molar-refractivity contribution in [1.82, 2.24) is 14.7 Å². The molecule has 25 heavy (non-hydrogen) atoms. The number of carbonyl (C=O) groups is 1. The Morgan fingerprint density at radius 2 is 1.96 bits per heavy atom. The number of halogens is 2. The molecular weight excluding hydrogens is 436 g/mol. The van der Waals surface area contributed by atoms with Crippen LogP contribution in [0.2, 0.25) is 0 Å². The van der Waals surface area contributed by atoms with Gasteiger partial charge in [-0.15, -0.1) is 0 Å². The summed E-state index contributed by atoms with van der Waals surface area (Å²) >= 11 is 2.13. The SMILES string of the molecule is Cn1nc(I)c2cc(F)c(C3CCN(C(=O)OC(C)(C)C)CC3)cc21. The van der Waals surface area contributed by atoms with Gasteiger partial charge in [-0.3, -0.25) is 4.68 Å². The maximum Gasteiger partial charge on any atom is 0.410 e. The standard InChI is InChI=1S/C18H23FIN3O2/c1-18(2,3)25-17(24)23-7-5-11(6-8-23)12-10-15-13(9-14(12)19)16(20)21-22(15)4/h9-11H,5-8H2,1-4H3. The summed E-state index contributed by atoms with van der Waals surface area (Å²) in [7, 11) is 1.87. The largest absolute Gasteiger partial charge is 0.444 e. The van der Waals surface area contributed by atoms with Gasteiger partial charge in [0.05, 0.1) is 5.52 Å². The molecule has 136 valence electrons. The van der Waals surface area contributed by atoms with Crippen molar-refractivity contribution < 1.29 is 13.9 Å². The number of aryl methyl sites for hydroxylation is 1. The number of fused-ring (bicyclic) bond motifs is 1. The lowest BCUT2D eigenvalue weighted by molar-refractivity contribution is 0.0204. The third kappa shape index (κ3) is 3.91. The van der Waals surface area contributed by atoms with E-state index in [0.717, 1.165) is 33.0 Å². The summed E-state index contributed by atoms with van der Waals surface area (Å²) in [4.78, 5) is 13.9. The molecule has 1 fully saturated rings. The van der Waals surface area contributed by atoms with Gasteiger partial charge in [-0.2, -0.15) is 5.10 Å². The van der Waals surface area contributed by atoms with Gasteiger partial charge in [0.2, 0.25) is 0 Å². The summed E-state index contributed by atoms with van der Waals surface area (Å²) in [5, 5.41) is 5.20. The Bertz CT molecular complexity index is 805. The van der Waals surface area contributed by atoms with Crippen molar-refractivity contribution in [2.75, 3.05) is 13.1 Å². The number of ether oxygens (including phenoxy) is 1. The third-order valence-electron chi connectivity index (χ3n) is 4.51. The molecule has 0 bridgehead atoms. The van der Waals surface area contributed by atoms with E-state index in [-0.39, 0.29) is 17.8 Å². The van der Waals surface area contributed by atoms with E-state index in [9.17, 15) is 9.18 Å². The number of rotatable bonds is 1. The van der Waals surface area contributed by atoms with E-state index >= 15 is 0 Å². The van der Waals surface area contributed by atoms with Crippen LogP contribution in [0.1, 0.15) is 45.1 Å². The number of hydrogen-bond donors (Lipinski definition) is 0. The highest BCUT2D eigenvalue weighted by molar-refractivity contribution is 14.1. The predicted molar refractivity (Wildman–Crippen MR) is 103 cm³/mol. The smallest absolute Gasteiger partial charge is 0.410 e. The molecule has 1 aromatic heterocycles. The number of carbonyl (C=O) groups excluding carboxylic acids is 1. The first kappa shape index (κ1) is 18.4. The Morgan fingerprint density at radius 3 is 2.56 bits per heavy atom. The summed E-state index contributed by atoms with van der Waals surface area (Å²) in [5.74, 6) is -0.0789. The highest BCUT2D eigenvalue weighted by Crippen LogP contribution is 2.33. The quantitative estimate of drug-likeness (QED) is 0.593. The van der Waals surface area contributed by atoms with Gasteiger partial charge in [0.1, 0.15) is 15.1 Å². The molecule has 5 nitrogen and oxygen atoms in total. The molecule has 7 heteroatoms. The zero-order valence-electron chi connectivity index (χ0n) is 15.0. The topological polar surface area (TPSA) is 47.4 Å². The van der Waals surface area contributed by atoms with Crippen molar-refractivity contribution in [1.29, 1.82) is 0 Å². The summed E-state index contributed by atoms with van der Waals surface area (Å²) < 4.78 is 22.6. The number of nitrogens with zero attached hydrogens (tertiary/aromatic N) is 3. The fourth-order valence-electron chi connectivity index (χ4n) is 3.26. The van der Waals surface area contributed by atoms with E-state index < -0.39 is 5.60 Å². The molecule has 2 heterocycles. The normalized spacial score (nSPS) is 16.5. The Hall–Kier alpha value is -1.38. The van der Waals surface area contributed by atoms with E-state index in [0.29, 0.717) is 13.1 Å². The Labute approximate surface area is 160 Å². The minimum absolute atomic E-state index is 0.107. The molecule has 0 atom stereocenters. The van der Waals surface area contributed by atoms with E-state index in [1.807, 2.05) is 33.9 Å². The van der Waals surface area contributed by atoms with Crippen molar-refractivity contribution in [3.8, 4) is 0 Å². The van der Waals surface area contributed by atoms with Crippen molar-refractivity contribution in [2.45, 2.75) is 45.1 Å². The highest BCUT2D eigenvalue weighted by Gasteiger charge is 2.29. The molecular formula is C18H23FIN3O2. The van der Waals surface area contributed by atoms with E-state index in [1.54, 1.807) is 15.6 Å². The first-order valence-electron chi connectivity index (χ1n) is 8.45. The Balaban J connectivity index is 1.75. The van der Waals surface area contributed by atoms with E-state index in [1.165, 1.54) is 0 Å². The number of hydrogen-bond acceptors (Lipinski definition) is 3. The van der Waals surface area contributed by atoms with Gasteiger partial charge in [-0.25, -0.2) is 9.18 Å². The second-order valence-corrected chi connectivity index (χ2v) is 8.57. The van der Waals surface area contributed by atoms with Gasteiger partial charge >= 0.3 is 6.09 Å². The molecule has 0 N–H and O–H groups in total. The van der Waals surface area contributed by atoms with Crippen LogP contribution in [-0.4, -0.2) is 39.5 Å². The fraction of sp³-hybridized carbons (Fsp3) is 0.556. The van der Waals surface area contributed by atoms with Crippen LogP contribution in [-0.2, 0) is 11.8 Å². The maximum atomic E-state index is 14.6. The summed E-state index contributed by atoms with van der Waals surface area (Å²) in [6, 6.07) is 3.49. The molecule has 1 amide bonds. The van der Waals surface area contributed by atoms with E-state index in [4.69, 9.17) is 4.74 Å². The minimum atomic E-state index is -0.498. The average molecular weight is 459 g/mol. The molecule has 1 aliphatic heterocycles. The molecule has 1 aromatic carbocycles. The summed E-state index contributed by atoms with van der Waals surface area (Å²) in [5.41, 5.74) is 1.16. The fourth-order valence-corrected chi connectivity index (χ4v) is 4.02. The number of benzene rings is 1. The molecule has 2 aromatic rings. The molecule has 0 aliphatic carbocycles. The lowest BCUT2D eigenvalue weighted by Gasteiger charge is -2.33. The van der Waals surface area contributed by atoms with Crippen LogP contribution in [0.3, 0.4) is 0 Å². The highest BCUT2D eigenvalue weighted by atomic mass is 127. The van der Waals surface area contributed by atoms with Crippen molar-refractivity contribution in [3.05, 3.63) is 27.2 Å². The van der Waals surface area contributed by atoms with Crippen LogP contribution >= 0.6 is 22.6 Å². The van der Waals surface area contributed by atoms with E-state index in [2.05, 4.69) is 27.7 Å². The van der Waals surface area contributed by atoms with Gasteiger partial charge in [-0.05, 0) is 79.8 Å². The molecule has 3 rings (SSSR count). The number of likely N-dealkylation sites (tertiary alicyclic amines) is 1. The third-order valence-corrected chi connectivity index (χ3v) is 5.31. The summed E-state index contributed by atoms with van der Waals surface area (Å²) in [6.07, 6.45) is 1.18. The Morgan fingerprint density at radius 1 is 1.32 bits per heavy atom. The lowest BCUT2D eigenvalue weighted by atomic mass is 9.88. The summed E-state index contributed by atoms with van der Waals surface area (Å²) in [6.45, 7) is 6.74. The zero-order chi connectivity index (χ0) is 18.4. The van der Waals surface area contributed by atoms with Crippen LogP contribution in [0.15, 0.2) is 12.1 Å². The van der Waals surface area contributed by atoms with Crippen molar-refractivity contribution in [3.63, 3.8) is 0 Å². The van der Waals surface area contributed by atoms with Crippen LogP contribution in [0, 0.1) is 9.52 Å². The lowest BCUT2D eigenvalue weighted by Crippen LogP contribution is -2.41. The van der Waals surface area contributed by atoms with Crippen molar-refractivity contribution in [2.24, 2.45) is 7.05 Å². The maximum absolute atomic E-state index is 14.6. The zero-order valence-corrected chi connectivity index (χ0v) is 17.1. The predicted octanol–water partition coefficient (Wildman–Crippen LogP) is 4.43. The van der Waals surface area contributed by atoms with Crippen LogP contribution < -0.4 is 0 Å². The second kappa shape index (κ2) is 6.74. The first-order valence-corrected chi connectivity index (χ1v) is 9.53. The van der Waals surface area contributed by atoms with Gasteiger partial charge < -0.3 is 9.64 Å². The molecule has 0 saturated carbocycles. The van der Waals surface area contributed by atoms with Crippen LogP contribution in [0.5, 0.6) is 0 Å². The molecule has 0 radical (unpaired) electrons. The number of piperidine rings is 1. The second-order valence-electron chi connectivity index (χ2n) is 7.55. The van der Waals surface area contributed by atoms with Crippen LogP contribution in [0.4, 0.5) is 9.18 Å². The first-order chi connectivity index (χ1) is 11.7. The number of aromatic nitrogens is 2. The molecule has 1 saturated heterocycles. The van der Waals surface area contributed by atoms with Gasteiger partial charge in [0.25, 0.3) is 0 Å². The number of amides is 1. The van der Waals surface area contributed by atoms with Crippen molar-refractivity contribution >= 4 is 39.6 Å². The van der Waals surface area contributed by atoms with Gasteiger partial charge in [-0.1, -0.05) is 0 Å².